The number of benzene rings is 2. The van der Waals surface area contributed by atoms with Crippen molar-refractivity contribution in [1.82, 2.24) is 0 Å². The highest BCUT2D eigenvalue weighted by Crippen LogP contribution is 2.29. The molecule has 2 aromatic rings. The van der Waals surface area contributed by atoms with E-state index >= 15 is 0 Å². The fraction of sp³-hybridized carbons (Fsp3) is 0.333. The molecule has 0 aliphatic heterocycles. The smallest absolute Gasteiger partial charge is 0.158 e. The third kappa shape index (κ3) is 4.05. The molecule has 4 nitrogen and oxygen atoms in total. The predicted molar refractivity (Wildman–Crippen MR) is 91.5 cm³/mol. The van der Waals surface area contributed by atoms with E-state index in [4.69, 9.17) is 0 Å². The molecule has 0 bridgehead atoms. The maximum Gasteiger partial charge on any atom is 0.158 e. The second-order valence-corrected chi connectivity index (χ2v) is 8.28. The number of hydrogen-bond donors (Lipinski definition) is 2. The topological polar surface area (TPSA) is 74.6 Å². The Morgan fingerprint density at radius 1 is 0.739 bits per heavy atom. The first-order valence-corrected chi connectivity index (χ1v) is 9.20. The molecule has 0 radical (unpaired) electrons. The van der Waals surface area contributed by atoms with Crippen LogP contribution in [-0.2, 0) is 21.3 Å². The Morgan fingerprint density at radius 2 is 1.09 bits per heavy atom. The summed E-state index contributed by atoms with van der Waals surface area (Å²) in [7, 11) is -3.52. The molecule has 0 spiro atoms. The van der Waals surface area contributed by atoms with E-state index in [2.05, 4.69) is 0 Å². The van der Waals surface area contributed by atoms with E-state index in [1.807, 2.05) is 13.8 Å². The van der Waals surface area contributed by atoms with E-state index in [9.17, 15) is 18.6 Å². The molecule has 0 aliphatic carbocycles. The van der Waals surface area contributed by atoms with Crippen molar-refractivity contribution in [2.45, 2.75) is 39.2 Å². The Bertz CT molecular complexity index is 786. The highest BCUT2D eigenvalue weighted by atomic mass is 32.2. The van der Waals surface area contributed by atoms with Gasteiger partial charge in [0, 0.05) is 11.1 Å². The summed E-state index contributed by atoms with van der Waals surface area (Å²) in [5, 5.41) is 20.2. The van der Waals surface area contributed by atoms with Gasteiger partial charge in [-0.3, -0.25) is 0 Å². The van der Waals surface area contributed by atoms with Gasteiger partial charge in [0.2, 0.25) is 0 Å². The molecule has 23 heavy (non-hydrogen) atoms. The number of rotatable bonds is 4. The molecule has 2 aromatic carbocycles. The molecule has 5 heteroatoms. The minimum atomic E-state index is -3.52. The molecule has 2 N–H and O–H groups in total. The van der Waals surface area contributed by atoms with Gasteiger partial charge in [0.05, 0.1) is 11.5 Å². The van der Waals surface area contributed by atoms with Crippen LogP contribution in [0.1, 0.15) is 33.4 Å². The van der Waals surface area contributed by atoms with Crippen LogP contribution in [0.3, 0.4) is 0 Å². The first-order valence-electron chi connectivity index (χ1n) is 7.37. The maximum absolute atomic E-state index is 12.5. The lowest BCUT2D eigenvalue weighted by Gasteiger charge is -2.12. The van der Waals surface area contributed by atoms with Crippen molar-refractivity contribution >= 4 is 9.84 Å². The fourth-order valence-corrected chi connectivity index (χ4v) is 4.33. The number of aryl methyl sites for hydroxylation is 4. The Morgan fingerprint density at radius 3 is 1.43 bits per heavy atom. The molecule has 0 aromatic heterocycles. The fourth-order valence-electron chi connectivity index (χ4n) is 2.84. The highest BCUT2D eigenvalue weighted by Gasteiger charge is 2.19. The standard InChI is InChI=1S/C18H22O4S/c1-11-5-13(3)17(19)15(7-11)9-23(21,22)10-16-8-12(2)6-14(4)18(16)20/h5-8,19-20H,9-10H2,1-4H3. The van der Waals surface area contributed by atoms with E-state index in [1.165, 1.54) is 0 Å². The number of phenolic OH excluding ortho intramolecular Hbond substituents is 2. The molecular weight excluding hydrogens is 312 g/mol. The summed E-state index contributed by atoms with van der Waals surface area (Å²) in [6, 6.07) is 6.98. The van der Waals surface area contributed by atoms with Crippen molar-refractivity contribution in [1.29, 1.82) is 0 Å². The maximum atomic E-state index is 12.5. The summed E-state index contributed by atoms with van der Waals surface area (Å²) in [6.07, 6.45) is 0. The van der Waals surface area contributed by atoms with E-state index in [0.717, 1.165) is 11.1 Å². The van der Waals surface area contributed by atoms with Crippen LogP contribution in [-0.4, -0.2) is 18.6 Å². The Kier molecular flexibility index (Phi) is 4.71. The first-order chi connectivity index (χ1) is 10.6. The molecule has 0 fully saturated rings. The molecule has 2 rings (SSSR count). The number of aromatic hydroxyl groups is 2. The van der Waals surface area contributed by atoms with E-state index in [0.29, 0.717) is 22.3 Å². The van der Waals surface area contributed by atoms with Gasteiger partial charge in [-0.25, -0.2) is 8.42 Å². The van der Waals surface area contributed by atoms with Crippen LogP contribution in [0.15, 0.2) is 24.3 Å². The number of sulfone groups is 1. The monoisotopic (exact) mass is 334 g/mol. The molecule has 124 valence electrons. The van der Waals surface area contributed by atoms with Gasteiger partial charge < -0.3 is 10.2 Å². The SMILES string of the molecule is Cc1cc(C)c(O)c(CS(=O)(=O)Cc2cc(C)cc(C)c2O)c1. The summed E-state index contributed by atoms with van der Waals surface area (Å²) in [6.45, 7) is 7.21. The molecule has 0 saturated heterocycles. The van der Waals surface area contributed by atoms with Crippen molar-refractivity contribution in [2.75, 3.05) is 0 Å². The lowest BCUT2D eigenvalue weighted by molar-refractivity contribution is 0.464. The number of phenols is 2. The van der Waals surface area contributed by atoms with E-state index in [-0.39, 0.29) is 23.0 Å². The summed E-state index contributed by atoms with van der Waals surface area (Å²) in [4.78, 5) is 0. The molecule has 0 aliphatic rings. The highest BCUT2D eigenvalue weighted by molar-refractivity contribution is 7.89. The minimum Gasteiger partial charge on any atom is -0.507 e. The minimum absolute atomic E-state index is 0.0174. The van der Waals surface area contributed by atoms with E-state index < -0.39 is 9.84 Å². The van der Waals surface area contributed by atoms with Crippen molar-refractivity contribution in [2.24, 2.45) is 0 Å². The third-order valence-electron chi connectivity index (χ3n) is 3.80. The van der Waals surface area contributed by atoms with Crippen LogP contribution < -0.4 is 0 Å². The quantitative estimate of drug-likeness (QED) is 0.898. The average molecular weight is 334 g/mol. The van der Waals surface area contributed by atoms with Crippen molar-refractivity contribution in [3.8, 4) is 11.5 Å². The second-order valence-electron chi connectivity index (χ2n) is 6.21. The summed E-state index contributed by atoms with van der Waals surface area (Å²) < 4.78 is 25.0. The molecule has 0 amide bonds. The average Bonchev–Trinajstić information content (AvgIpc) is 2.40. The molecular formula is C18H22O4S. The van der Waals surface area contributed by atoms with Crippen LogP contribution >= 0.6 is 0 Å². The van der Waals surface area contributed by atoms with Crippen LogP contribution in [0, 0.1) is 27.7 Å². The summed E-state index contributed by atoms with van der Waals surface area (Å²) in [5.74, 6) is -0.477. The van der Waals surface area contributed by atoms with Crippen LogP contribution in [0.5, 0.6) is 11.5 Å². The van der Waals surface area contributed by atoms with Crippen molar-refractivity contribution in [3.05, 3.63) is 57.6 Å². The van der Waals surface area contributed by atoms with E-state index in [1.54, 1.807) is 38.1 Å². The lowest BCUT2D eigenvalue weighted by atomic mass is 10.1. The third-order valence-corrected chi connectivity index (χ3v) is 5.30. The van der Waals surface area contributed by atoms with Gasteiger partial charge >= 0.3 is 0 Å². The Balaban J connectivity index is 2.34. The van der Waals surface area contributed by atoms with Gasteiger partial charge in [0.15, 0.2) is 9.84 Å². The lowest BCUT2D eigenvalue weighted by Crippen LogP contribution is -2.09. The van der Waals surface area contributed by atoms with Gasteiger partial charge in [0.25, 0.3) is 0 Å². The van der Waals surface area contributed by atoms with Gasteiger partial charge in [-0.05, 0) is 38.8 Å². The zero-order chi connectivity index (χ0) is 17.4. The largest absolute Gasteiger partial charge is 0.507 e. The number of hydrogen-bond acceptors (Lipinski definition) is 4. The molecule has 0 saturated carbocycles. The second kappa shape index (κ2) is 6.24. The molecule has 0 atom stereocenters. The first kappa shape index (κ1) is 17.3. The van der Waals surface area contributed by atoms with Crippen LogP contribution in [0.25, 0.3) is 0 Å². The predicted octanol–water partition coefficient (Wildman–Crippen LogP) is 3.45. The normalized spacial score (nSPS) is 11.7. The molecule has 0 unspecified atom stereocenters. The van der Waals surface area contributed by atoms with Crippen LogP contribution in [0.2, 0.25) is 0 Å². The summed E-state index contributed by atoms with van der Waals surface area (Å²) >= 11 is 0. The van der Waals surface area contributed by atoms with Gasteiger partial charge in [-0.15, -0.1) is 0 Å². The van der Waals surface area contributed by atoms with Gasteiger partial charge in [-0.1, -0.05) is 35.4 Å². The van der Waals surface area contributed by atoms with Gasteiger partial charge in [-0.2, -0.15) is 0 Å². The van der Waals surface area contributed by atoms with Crippen molar-refractivity contribution in [3.63, 3.8) is 0 Å². The zero-order valence-corrected chi connectivity index (χ0v) is 14.7. The Hall–Kier alpha value is -2.01. The van der Waals surface area contributed by atoms with Crippen molar-refractivity contribution < 1.29 is 18.6 Å². The zero-order valence-electron chi connectivity index (χ0n) is 13.8. The molecule has 0 heterocycles. The Labute approximate surface area is 137 Å². The van der Waals surface area contributed by atoms with Gasteiger partial charge in [0.1, 0.15) is 11.5 Å². The summed E-state index contributed by atoms with van der Waals surface area (Å²) in [5.41, 5.74) is 3.91. The van der Waals surface area contributed by atoms with Crippen LogP contribution in [0.4, 0.5) is 0 Å².